The number of nitrogens with zero attached hydrogens (tertiary/aromatic N) is 1. The molecule has 0 aliphatic carbocycles. The Morgan fingerprint density at radius 2 is 1.62 bits per heavy atom. The van der Waals surface area contributed by atoms with Gasteiger partial charge in [-0.1, -0.05) is 88.1 Å². The minimum Gasteiger partial charge on any atom is -0.611 e. The second-order valence-electron chi connectivity index (χ2n) is 13.6. The third-order valence-corrected chi connectivity index (χ3v) is 12.8. The minimum atomic E-state index is -3.49. The maximum Gasteiger partial charge on any atom is 0.326 e. The number of ether oxygens (including phenoxy) is 1. The van der Waals surface area contributed by atoms with Gasteiger partial charge in [0.25, 0.3) is 5.91 Å². The summed E-state index contributed by atoms with van der Waals surface area (Å²) < 4.78 is 43.8. The molecule has 3 atom stereocenters. The van der Waals surface area contributed by atoms with Crippen molar-refractivity contribution in [3.8, 4) is 5.75 Å². The lowest BCUT2D eigenvalue weighted by molar-refractivity contribution is -0.142. The van der Waals surface area contributed by atoms with E-state index in [0.29, 0.717) is 22.0 Å². The molecule has 53 heavy (non-hydrogen) atoms. The number of anilines is 2. The Bertz CT molecular complexity index is 1790. The average molecular weight is 786 g/mol. The lowest BCUT2D eigenvalue weighted by atomic mass is 9.79. The number of carboxylic acids is 1. The first kappa shape index (κ1) is 42.0. The second-order valence-corrected chi connectivity index (χ2v) is 18.1. The number of carboxylic acid groups (broad SMARTS) is 1. The van der Waals surface area contributed by atoms with E-state index in [2.05, 4.69) is 41.5 Å². The highest BCUT2D eigenvalue weighted by atomic mass is 32.2. The number of fused-ring (bicyclic) bond motifs is 1. The summed E-state index contributed by atoms with van der Waals surface area (Å²) in [5.41, 5.74) is 2.09. The van der Waals surface area contributed by atoms with Crippen LogP contribution in [0.25, 0.3) is 0 Å². The van der Waals surface area contributed by atoms with E-state index in [4.69, 9.17) is 4.74 Å². The van der Waals surface area contributed by atoms with Gasteiger partial charge in [0.05, 0.1) is 16.3 Å². The van der Waals surface area contributed by atoms with Crippen LogP contribution in [0.4, 0.5) is 11.4 Å². The SMILES string of the molecule is CCCCC1(CCCC)CN(c2ccccc2)c2cc(SC)c(OCC(=O)N[C@@H](C(=O)N[C@@H](CCS(C)(=O)=O)C(=O)O)c3ccccc3)cc2[S+]([O-])C1. The summed E-state index contributed by atoms with van der Waals surface area (Å²) in [4.78, 5) is 42.4. The molecule has 0 radical (unpaired) electrons. The van der Waals surface area contributed by atoms with Gasteiger partial charge in [-0.15, -0.1) is 11.8 Å². The highest BCUT2D eigenvalue weighted by molar-refractivity contribution is 7.98. The summed E-state index contributed by atoms with van der Waals surface area (Å²) >= 11 is 0.0736. The Hall–Kier alpha value is -3.72. The zero-order valence-corrected chi connectivity index (χ0v) is 33.3. The number of rotatable bonds is 19. The van der Waals surface area contributed by atoms with Crippen molar-refractivity contribution < 1.29 is 37.2 Å². The third-order valence-electron chi connectivity index (χ3n) is 9.35. The van der Waals surface area contributed by atoms with Gasteiger partial charge in [-0.2, -0.15) is 0 Å². The molecule has 2 amide bonds. The molecular weight excluding hydrogens is 735 g/mol. The van der Waals surface area contributed by atoms with Gasteiger partial charge in [-0.05, 0) is 60.5 Å². The van der Waals surface area contributed by atoms with Gasteiger partial charge in [-0.25, -0.2) is 13.2 Å². The van der Waals surface area contributed by atoms with E-state index in [9.17, 15) is 32.5 Å². The van der Waals surface area contributed by atoms with Gasteiger partial charge in [0.15, 0.2) is 11.5 Å². The number of carbonyl (C=O) groups excluding carboxylic acids is 2. The first-order chi connectivity index (χ1) is 25.3. The van der Waals surface area contributed by atoms with Crippen molar-refractivity contribution in [1.82, 2.24) is 10.6 Å². The van der Waals surface area contributed by atoms with Crippen LogP contribution < -0.4 is 20.3 Å². The van der Waals surface area contributed by atoms with Crippen molar-refractivity contribution in [2.24, 2.45) is 5.41 Å². The molecule has 0 saturated carbocycles. The monoisotopic (exact) mass is 785 g/mol. The zero-order chi connectivity index (χ0) is 38.6. The van der Waals surface area contributed by atoms with Gasteiger partial charge >= 0.3 is 5.97 Å². The lowest BCUT2D eigenvalue weighted by Crippen LogP contribution is -2.48. The van der Waals surface area contributed by atoms with Gasteiger partial charge in [-0.3, -0.25) is 9.59 Å². The molecule has 14 heteroatoms. The molecule has 1 heterocycles. The zero-order valence-electron chi connectivity index (χ0n) is 30.8. The maximum absolute atomic E-state index is 14.4. The van der Waals surface area contributed by atoms with E-state index in [1.54, 1.807) is 36.4 Å². The molecule has 3 aromatic carbocycles. The third kappa shape index (κ3) is 11.9. The van der Waals surface area contributed by atoms with E-state index >= 15 is 0 Å². The van der Waals surface area contributed by atoms with Crippen molar-refractivity contribution in [3.05, 3.63) is 78.4 Å². The van der Waals surface area contributed by atoms with Crippen molar-refractivity contribution >= 4 is 61.9 Å². The number of amides is 2. The number of thioether (sulfide) groups is 1. The fourth-order valence-electron chi connectivity index (χ4n) is 6.52. The van der Waals surface area contributed by atoms with Crippen LogP contribution in [0, 0.1) is 5.41 Å². The summed E-state index contributed by atoms with van der Waals surface area (Å²) in [7, 11) is -3.49. The summed E-state index contributed by atoms with van der Waals surface area (Å²) in [6.07, 6.45) is 8.66. The predicted molar refractivity (Wildman–Crippen MR) is 211 cm³/mol. The number of hydrogen-bond donors (Lipinski definition) is 3. The van der Waals surface area contributed by atoms with Gasteiger partial charge in [0, 0.05) is 30.0 Å². The molecule has 3 N–H and O–H groups in total. The molecule has 288 valence electrons. The van der Waals surface area contributed by atoms with Crippen LogP contribution in [0.3, 0.4) is 0 Å². The van der Waals surface area contributed by atoms with E-state index in [1.165, 1.54) is 11.8 Å². The first-order valence-corrected chi connectivity index (χ1v) is 22.5. The van der Waals surface area contributed by atoms with Crippen LogP contribution in [-0.2, 0) is 35.4 Å². The molecule has 1 aliphatic rings. The highest BCUT2D eigenvalue weighted by Crippen LogP contribution is 2.47. The van der Waals surface area contributed by atoms with Gasteiger partial charge in [0.1, 0.15) is 33.4 Å². The Balaban J connectivity index is 1.61. The van der Waals surface area contributed by atoms with Crippen molar-refractivity contribution in [2.45, 2.75) is 80.7 Å². The number of para-hydroxylation sites is 1. The van der Waals surface area contributed by atoms with Crippen LogP contribution >= 0.6 is 11.8 Å². The molecule has 1 unspecified atom stereocenters. The smallest absolute Gasteiger partial charge is 0.326 e. The number of carbonyl (C=O) groups is 3. The molecule has 0 aromatic heterocycles. The molecule has 1 aliphatic heterocycles. The summed E-state index contributed by atoms with van der Waals surface area (Å²) in [5, 5.41) is 14.7. The number of unbranched alkanes of at least 4 members (excludes halogenated alkanes) is 2. The quantitative estimate of drug-likeness (QED) is 0.0932. The number of benzene rings is 3. The van der Waals surface area contributed by atoms with Crippen molar-refractivity contribution in [3.63, 3.8) is 0 Å². The molecule has 4 rings (SSSR count). The summed E-state index contributed by atoms with van der Waals surface area (Å²) in [6.45, 7) is 4.61. The highest BCUT2D eigenvalue weighted by Gasteiger charge is 2.42. The van der Waals surface area contributed by atoms with E-state index < -0.39 is 63.2 Å². The van der Waals surface area contributed by atoms with Crippen LogP contribution in [0.1, 0.15) is 70.4 Å². The first-order valence-electron chi connectivity index (χ1n) is 17.9. The van der Waals surface area contributed by atoms with Gasteiger partial charge < -0.3 is 29.9 Å². The fraction of sp³-hybridized carbons (Fsp3) is 0.462. The molecule has 0 fully saturated rings. The molecule has 3 aromatic rings. The normalized spacial score (nSPS) is 16.5. The van der Waals surface area contributed by atoms with Crippen LogP contribution in [0.2, 0.25) is 0 Å². The predicted octanol–water partition coefficient (Wildman–Crippen LogP) is 6.28. The van der Waals surface area contributed by atoms with E-state index in [0.717, 1.165) is 67.6 Å². The minimum absolute atomic E-state index is 0.163. The Kier molecular flexibility index (Phi) is 15.5. The molecule has 0 bridgehead atoms. The molecule has 11 nitrogen and oxygen atoms in total. The molecule has 0 saturated heterocycles. The second kappa shape index (κ2) is 19.6. The molecule has 0 spiro atoms. The molecular formula is C39H51N3O8S3. The topological polar surface area (TPSA) is 165 Å². The summed E-state index contributed by atoms with van der Waals surface area (Å²) in [5.74, 6) is -2.40. The number of nitrogens with one attached hydrogen (secondary N) is 2. The Labute approximate surface area is 320 Å². The Morgan fingerprint density at radius 1 is 1.00 bits per heavy atom. The standard InChI is InChI=1S/C39H51N3O8S3/c1-5-7-20-39(21-8-6-2)26-42(29-17-13-10-14-18-29)31-23-33(51-3)32(24-34(31)52(47)27-39)50-25-35(43)41-36(28-15-11-9-12-16-28)37(44)40-30(38(45)46)19-22-53(4,48)49/h9-18,23-24,30,36H,5-8,19-22,25-27H2,1-4H3,(H,40,44)(H,41,43)(H,45,46)/t30-,36+,52?/m0/s1. The largest absolute Gasteiger partial charge is 0.611 e. The maximum atomic E-state index is 14.4. The van der Waals surface area contributed by atoms with Crippen LogP contribution in [0.5, 0.6) is 5.75 Å². The average Bonchev–Trinajstić information content (AvgIpc) is 3.26. The number of hydrogen-bond acceptors (Lipinski definition) is 9. The van der Waals surface area contributed by atoms with Gasteiger partial charge in [0.2, 0.25) is 5.91 Å². The van der Waals surface area contributed by atoms with E-state index in [1.807, 2.05) is 30.5 Å². The van der Waals surface area contributed by atoms with Crippen LogP contribution in [-0.4, -0.2) is 79.1 Å². The van der Waals surface area contributed by atoms with Crippen molar-refractivity contribution in [1.29, 1.82) is 0 Å². The fourth-order valence-corrected chi connectivity index (χ4v) is 9.47. The van der Waals surface area contributed by atoms with Crippen molar-refractivity contribution in [2.75, 3.05) is 42.1 Å². The number of aliphatic carboxylic acids is 1. The lowest BCUT2D eigenvalue weighted by Gasteiger charge is -2.36. The summed E-state index contributed by atoms with van der Waals surface area (Å²) in [6, 6.07) is 19.4. The number of sulfone groups is 1. The van der Waals surface area contributed by atoms with E-state index in [-0.39, 0.29) is 11.8 Å². The van der Waals surface area contributed by atoms with Crippen LogP contribution in [0.15, 0.2) is 82.6 Å². The Morgan fingerprint density at radius 3 is 2.19 bits per heavy atom.